The Kier molecular flexibility index (Phi) is 7.65. The van der Waals surface area contributed by atoms with E-state index in [1.807, 2.05) is 41.3 Å². The van der Waals surface area contributed by atoms with Crippen molar-refractivity contribution < 1.29 is 23.9 Å². The molecule has 2 fully saturated rings. The van der Waals surface area contributed by atoms with Crippen LogP contribution in [-0.2, 0) is 19.1 Å². The van der Waals surface area contributed by atoms with Crippen molar-refractivity contribution in [3.05, 3.63) is 66.4 Å². The Morgan fingerprint density at radius 3 is 2.61 bits per heavy atom. The molecule has 0 N–H and O–H groups in total. The van der Waals surface area contributed by atoms with E-state index >= 15 is 0 Å². The number of amidine groups is 1. The average molecular weight is 556 g/mol. The standard InChI is InChI=1S/C31H33N5O5/c1-40-31(39)35-19-28(37)36(18-21-12-14-34(17-21)30(38)27-5-3-15-41-27)29(33-20-35)24-9-6-22(7-10-24)25-11-8-23-4-2-13-32-26(23)16-25/h2,4,6-11,13,16,21,27H,3,5,12,14-15,17-20H2,1H3. The molecule has 41 heavy (non-hydrogen) atoms. The third kappa shape index (κ3) is 5.65. The fraction of sp³-hybridized carbons (Fsp3) is 0.387. The third-order valence-corrected chi connectivity index (χ3v) is 8.03. The second-order valence-corrected chi connectivity index (χ2v) is 10.7. The Morgan fingerprint density at radius 1 is 1.02 bits per heavy atom. The highest BCUT2D eigenvalue weighted by atomic mass is 16.5. The van der Waals surface area contributed by atoms with E-state index in [0.717, 1.165) is 46.9 Å². The first kappa shape index (κ1) is 26.9. The van der Waals surface area contributed by atoms with Gasteiger partial charge in [-0.15, -0.1) is 0 Å². The van der Waals surface area contributed by atoms with E-state index in [0.29, 0.717) is 32.1 Å². The molecule has 10 heteroatoms. The highest BCUT2D eigenvalue weighted by Gasteiger charge is 2.36. The summed E-state index contributed by atoms with van der Waals surface area (Å²) >= 11 is 0. The minimum Gasteiger partial charge on any atom is -0.453 e. The number of hydrogen-bond donors (Lipinski definition) is 0. The van der Waals surface area contributed by atoms with Gasteiger partial charge in [0.15, 0.2) is 0 Å². The second-order valence-electron chi connectivity index (χ2n) is 10.7. The van der Waals surface area contributed by atoms with Crippen molar-refractivity contribution in [1.29, 1.82) is 0 Å². The zero-order valence-electron chi connectivity index (χ0n) is 23.1. The number of aromatic nitrogens is 1. The summed E-state index contributed by atoms with van der Waals surface area (Å²) in [5, 5.41) is 1.08. The van der Waals surface area contributed by atoms with Crippen LogP contribution >= 0.6 is 0 Å². The molecule has 2 atom stereocenters. The van der Waals surface area contributed by atoms with E-state index < -0.39 is 6.09 Å². The highest BCUT2D eigenvalue weighted by Crippen LogP contribution is 2.26. The van der Waals surface area contributed by atoms with Crippen molar-refractivity contribution in [3.8, 4) is 11.1 Å². The number of hydrogen-bond acceptors (Lipinski definition) is 7. The summed E-state index contributed by atoms with van der Waals surface area (Å²) < 4.78 is 10.5. The Balaban J connectivity index is 1.24. The summed E-state index contributed by atoms with van der Waals surface area (Å²) in [7, 11) is 1.29. The van der Waals surface area contributed by atoms with Gasteiger partial charge >= 0.3 is 6.09 Å². The molecule has 0 saturated carbocycles. The van der Waals surface area contributed by atoms with Crippen molar-refractivity contribution in [1.82, 2.24) is 19.7 Å². The summed E-state index contributed by atoms with van der Waals surface area (Å²) in [5.74, 6) is 0.401. The maximum absolute atomic E-state index is 13.5. The molecule has 3 aromatic rings. The molecule has 10 nitrogen and oxygen atoms in total. The van der Waals surface area contributed by atoms with Crippen LogP contribution in [0.1, 0.15) is 24.8 Å². The zero-order chi connectivity index (χ0) is 28.3. The number of rotatable bonds is 5. The summed E-state index contributed by atoms with van der Waals surface area (Å²) in [6.45, 7) is 2.11. The van der Waals surface area contributed by atoms with Crippen LogP contribution in [0.15, 0.2) is 65.8 Å². The van der Waals surface area contributed by atoms with Crippen molar-refractivity contribution in [3.63, 3.8) is 0 Å². The largest absolute Gasteiger partial charge is 0.453 e. The van der Waals surface area contributed by atoms with E-state index in [4.69, 9.17) is 14.5 Å². The minimum atomic E-state index is -0.599. The fourth-order valence-electron chi connectivity index (χ4n) is 5.82. The quantitative estimate of drug-likeness (QED) is 0.477. The van der Waals surface area contributed by atoms with Crippen LogP contribution in [0.3, 0.4) is 0 Å². The fourth-order valence-corrected chi connectivity index (χ4v) is 5.82. The van der Waals surface area contributed by atoms with Gasteiger partial charge in [-0.1, -0.05) is 42.5 Å². The van der Waals surface area contributed by atoms with Gasteiger partial charge in [-0.2, -0.15) is 0 Å². The first-order chi connectivity index (χ1) is 20.0. The number of benzene rings is 2. The predicted molar refractivity (Wildman–Crippen MR) is 153 cm³/mol. The molecule has 6 rings (SSSR count). The van der Waals surface area contributed by atoms with Crippen LogP contribution in [0.25, 0.3) is 22.0 Å². The summed E-state index contributed by atoms with van der Waals surface area (Å²) in [5.41, 5.74) is 3.75. The van der Waals surface area contributed by atoms with Gasteiger partial charge in [0.1, 0.15) is 25.2 Å². The minimum absolute atomic E-state index is 0.0106. The lowest BCUT2D eigenvalue weighted by molar-refractivity contribution is -0.139. The molecule has 0 spiro atoms. The van der Waals surface area contributed by atoms with Crippen LogP contribution in [0.4, 0.5) is 4.79 Å². The molecule has 3 aliphatic rings. The molecule has 2 aromatic carbocycles. The number of methoxy groups -OCH3 is 1. The maximum atomic E-state index is 13.5. The van der Waals surface area contributed by atoms with Crippen LogP contribution in [-0.4, -0.2) is 96.1 Å². The molecule has 1 aromatic heterocycles. The van der Waals surface area contributed by atoms with Gasteiger partial charge in [0.25, 0.3) is 5.91 Å². The van der Waals surface area contributed by atoms with E-state index in [2.05, 4.69) is 23.2 Å². The van der Waals surface area contributed by atoms with Crippen LogP contribution in [0.5, 0.6) is 0 Å². The molecule has 4 heterocycles. The normalized spacial score (nSPS) is 21.2. The van der Waals surface area contributed by atoms with Gasteiger partial charge in [0.2, 0.25) is 5.91 Å². The smallest absolute Gasteiger partial charge is 0.411 e. The van der Waals surface area contributed by atoms with E-state index in [1.54, 1.807) is 11.1 Å². The topological polar surface area (TPSA) is 105 Å². The Bertz CT molecular complexity index is 1480. The molecule has 0 bridgehead atoms. The van der Waals surface area contributed by atoms with Gasteiger partial charge in [-0.05, 0) is 48.4 Å². The number of pyridine rings is 1. The first-order valence-electron chi connectivity index (χ1n) is 14.0. The van der Waals surface area contributed by atoms with E-state index in [9.17, 15) is 14.4 Å². The summed E-state index contributed by atoms with van der Waals surface area (Å²) in [6.07, 6.45) is 3.28. The Hall–Kier alpha value is -4.31. The Labute approximate surface area is 238 Å². The number of fused-ring (bicyclic) bond motifs is 1. The SMILES string of the molecule is COC(=O)N1CN=C(c2ccc(-c3ccc4cccnc4c3)cc2)N(CC2CCN(C(=O)C3CCCO3)C2)C(=O)C1. The van der Waals surface area contributed by atoms with Gasteiger partial charge < -0.3 is 14.4 Å². The lowest BCUT2D eigenvalue weighted by Gasteiger charge is -2.27. The molecule has 212 valence electrons. The van der Waals surface area contributed by atoms with Crippen LogP contribution in [0.2, 0.25) is 0 Å². The average Bonchev–Trinajstić information content (AvgIpc) is 3.69. The monoisotopic (exact) mass is 555 g/mol. The van der Waals surface area contributed by atoms with Gasteiger partial charge in [0.05, 0.1) is 12.6 Å². The van der Waals surface area contributed by atoms with Gasteiger partial charge in [0, 0.05) is 43.4 Å². The van der Waals surface area contributed by atoms with E-state index in [1.165, 1.54) is 12.0 Å². The maximum Gasteiger partial charge on any atom is 0.411 e. The lowest BCUT2D eigenvalue weighted by atomic mass is 10.0. The van der Waals surface area contributed by atoms with Crippen molar-refractivity contribution in [2.24, 2.45) is 10.9 Å². The van der Waals surface area contributed by atoms with Crippen molar-refractivity contribution >= 4 is 34.6 Å². The van der Waals surface area contributed by atoms with Crippen LogP contribution in [0, 0.1) is 5.92 Å². The van der Waals surface area contributed by atoms with Crippen molar-refractivity contribution in [2.45, 2.75) is 25.4 Å². The van der Waals surface area contributed by atoms with Gasteiger partial charge in [-0.3, -0.25) is 24.4 Å². The Morgan fingerprint density at radius 2 is 1.83 bits per heavy atom. The summed E-state index contributed by atoms with van der Waals surface area (Å²) in [4.78, 5) is 52.7. The molecular formula is C31H33N5O5. The second kappa shape index (κ2) is 11.7. The number of carbonyl (C=O) groups is 3. The molecule has 0 radical (unpaired) electrons. The molecule has 2 saturated heterocycles. The molecule has 3 amide bonds. The number of amides is 3. The zero-order valence-corrected chi connectivity index (χ0v) is 23.1. The lowest BCUT2D eigenvalue weighted by Crippen LogP contribution is -2.45. The first-order valence-corrected chi connectivity index (χ1v) is 14.0. The number of ether oxygens (including phenoxy) is 2. The van der Waals surface area contributed by atoms with Crippen molar-refractivity contribution in [2.75, 3.05) is 46.6 Å². The number of likely N-dealkylation sites (tertiary alicyclic amines) is 1. The highest BCUT2D eigenvalue weighted by molar-refractivity contribution is 6.09. The number of aliphatic imine (C=N–C) groups is 1. The molecular weight excluding hydrogens is 522 g/mol. The molecule has 0 aliphatic carbocycles. The summed E-state index contributed by atoms with van der Waals surface area (Å²) in [6, 6.07) is 18.0. The number of carbonyl (C=O) groups excluding carboxylic acids is 3. The van der Waals surface area contributed by atoms with E-state index in [-0.39, 0.29) is 37.0 Å². The van der Waals surface area contributed by atoms with Crippen LogP contribution < -0.4 is 0 Å². The van der Waals surface area contributed by atoms with Gasteiger partial charge in [-0.25, -0.2) is 9.79 Å². The third-order valence-electron chi connectivity index (χ3n) is 8.03. The predicted octanol–water partition coefficient (Wildman–Crippen LogP) is 3.54. The molecule has 3 aliphatic heterocycles. The number of nitrogens with zero attached hydrogens (tertiary/aromatic N) is 5. The molecule has 2 unspecified atom stereocenters.